The van der Waals surface area contributed by atoms with Crippen molar-refractivity contribution >= 4 is 0 Å². The molecule has 0 unspecified atom stereocenters. The molecule has 9 heterocycles. The summed E-state index contributed by atoms with van der Waals surface area (Å²) in [4.78, 5) is 89.1. The van der Waals surface area contributed by atoms with E-state index >= 15 is 0 Å². The zero-order chi connectivity index (χ0) is 58.1. The fraction of sp³-hybridized carbons (Fsp3) is 0. The van der Waals surface area contributed by atoms with Crippen LogP contribution < -0.4 is 0 Å². The largest absolute Gasteiger partial charge is 3.00 e. The third-order valence-electron chi connectivity index (χ3n) is 7.81. The second kappa shape index (κ2) is 43.2. The second-order valence-electron chi connectivity index (χ2n) is 12.9. The fourth-order valence-corrected chi connectivity index (χ4v) is 5.25. The fourth-order valence-electron chi connectivity index (χ4n) is 5.25. The van der Waals surface area contributed by atoms with Crippen LogP contribution in [0.5, 0.6) is 0 Å². The van der Waals surface area contributed by atoms with Gasteiger partial charge in [0.2, 0.25) is 0 Å². The molecule has 9 aromatic rings. The molecule has 0 aliphatic carbocycles. The van der Waals surface area contributed by atoms with Crippen LogP contribution in [-0.2, 0) is 0 Å². The Kier molecular flexibility index (Phi) is 39.0. The van der Waals surface area contributed by atoms with Crippen LogP contribution in [0.25, 0.3) is 68.3 Å². The number of hydrogen-bond donors (Lipinski definition) is 0. The van der Waals surface area contributed by atoms with Gasteiger partial charge in [0.05, 0.1) is 98.8 Å². The van der Waals surface area contributed by atoms with Gasteiger partial charge in [0.25, 0.3) is 0 Å². The van der Waals surface area contributed by atoms with Crippen molar-refractivity contribution in [3.63, 3.8) is 0 Å². The van der Waals surface area contributed by atoms with Crippen molar-refractivity contribution in [1.29, 1.82) is 0 Å². The molecule has 0 aromatic carbocycles. The SMILES string of the molecule is O=[N+]([O-])[O-].O=[N+]([O-])[O-].O=[N+]([O-])[O-].O=[N+]([O-])[O-].O=[N+]([O-])[O-].O=[N+]([O-])[O-].[Ho+3].[Ho+3].c1ccc(-c2cccc(-c3ccccn3)n2)nc1.c1ccc(-c2cccc(-c3ccccn3)n2)nc1.c1ccc(-c2cccc(-c3ccccn3)n2)nc1. The van der Waals surface area contributed by atoms with E-state index in [9.17, 15) is 0 Å². The van der Waals surface area contributed by atoms with Gasteiger partial charge in [-0.15, -0.1) is 0 Å². The van der Waals surface area contributed by atoms with E-state index in [2.05, 4.69) is 44.9 Å². The molecule has 0 saturated carbocycles. The number of pyridine rings is 9. The normalized spacial score (nSPS) is 8.70. The minimum Gasteiger partial charge on any atom is -0.356 e. The van der Waals surface area contributed by atoms with Gasteiger partial charge in [0.15, 0.2) is 0 Å². The molecule has 33 nitrogen and oxygen atoms in total. The molecule has 0 radical (unpaired) electrons. The molecule has 9 aromatic heterocycles. The van der Waals surface area contributed by atoms with E-state index in [1.807, 2.05) is 164 Å². The molecule has 9 rings (SSSR count). The number of aromatic nitrogens is 9. The molecule has 0 aliphatic rings. The summed E-state index contributed by atoms with van der Waals surface area (Å²) in [5, 5.41) is 88.5. The Balaban J connectivity index is 0. The Morgan fingerprint density at radius 3 is 0.412 bits per heavy atom. The molecule has 0 amide bonds. The van der Waals surface area contributed by atoms with Gasteiger partial charge in [0, 0.05) is 37.2 Å². The van der Waals surface area contributed by atoms with Crippen molar-refractivity contribution < 1.29 is 106 Å². The van der Waals surface area contributed by atoms with Gasteiger partial charge in [-0.2, -0.15) is 0 Å². The van der Waals surface area contributed by atoms with Crippen LogP contribution in [0.15, 0.2) is 201 Å². The molecule has 0 fully saturated rings. The van der Waals surface area contributed by atoms with Gasteiger partial charge in [0.1, 0.15) is 0 Å². The molecule has 0 aliphatic heterocycles. The molecule has 0 spiro atoms. The first kappa shape index (κ1) is 72.1. The summed E-state index contributed by atoms with van der Waals surface area (Å²) in [5.41, 5.74) is 10.4. The van der Waals surface area contributed by atoms with Gasteiger partial charge in [-0.05, 0) is 109 Å². The van der Waals surface area contributed by atoms with E-state index in [0.29, 0.717) is 0 Å². The molecule has 0 bridgehead atoms. The molecule has 0 N–H and O–H groups in total. The van der Waals surface area contributed by atoms with Crippen LogP contribution in [-0.4, -0.2) is 75.4 Å². The number of rotatable bonds is 6. The Bertz CT molecular complexity index is 2620. The van der Waals surface area contributed by atoms with Gasteiger partial charge < -0.3 is 91.9 Å². The molecule has 0 atom stereocenters. The van der Waals surface area contributed by atoms with Crippen molar-refractivity contribution in [2.45, 2.75) is 0 Å². The van der Waals surface area contributed by atoms with Gasteiger partial charge in [-0.25, -0.2) is 15.0 Å². The molecule has 418 valence electrons. The van der Waals surface area contributed by atoms with Crippen LogP contribution in [0.3, 0.4) is 0 Å². The van der Waals surface area contributed by atoms with Crippen LogP contribution in [0.2, 0.25) is 0 Å². The van der Waals surface area contributed by atoms with E-state index in [-0.39, 0.29) is 75.5 Å². The van der Waals surface area contributed by atoms with Crippen LogP contribution in [0, 0.1) is 167 Å². The van der Waals surface area contributed by atoms with E-state index in [4.69, 9.17) is 91.9 Å². The maximum atomic E-state index is 8.25. The van der Waals surface area contributed by atoms with Gasteiger partial charge in [-0.3, -0.25) is 29.9 Å². The Morgan fingerprint density at radius 2 is 0.312 bits per heavy atom. The Morgan fingerprint density at radius 1 is 0.200 bits per heavy atom. The first-order valence-electron chi connectivity index (χ1n) is 20.5. The second-order valence-corrected chi connectivity index (χ2v) is 12.9. The monoisotopic (exact) mass is 1400 g/mol. The van der Waals surface area contributed by atoms with Crippen molar-refractivity contribution in [3.8, 4) is 68.3 Å². The van der Waals surface area contributed by atoms with E-state index in [0.717, 1.165) is 68.3 Å². The van der Waals surface area contributed by atoms with Gasteiger partial charge >= 0.3 is 75.5 Å². The quantitative estimate of drug-likeness (QED) is 0.0859. The first-order valence-corrected chi connectivity index (χ1v) is 20.5. The average molecular weight is 1400 g/mol. The minimum absolute atomic E-state index is 0. The maximum Gasteiger partial charge on any atom is 3.00 e. The molecule has 80 heavy (non-hydrogen) atoms. The number of nitrogens with zero attached hydrogens (tertiary/aromatic N) is 15. The summed E-state index contributed by atoms with van der Waals surface area (Å²) in [5.74, 6) is 0. The maximum absolute atomic E-state index is 8.25. The summed E-state index contributed by atoms with van der Waals surface area (Å²) in [7, 11) is 0. The minimum atomic E-state index is -1.75. The van der Waals surface area contributed by atoms with Crippen LogP contribution in [0.4, 0.5) is 0 Å². The molecular formula is C45H33Ho2N15O18. The van der Waals surface area contributed by atoms with Crippen molar-refractivity contribution in [2.75, 3.05) is 0 Å². The number of hydrogen-bond acceptors (Lipinski definition) is 27. The zero-order valence-electron chi connectivity index (χ0n) is 39.7. The first-order chi connectivity index (χ1) is 37.2. The zero-order valence-corrected chi connectivity index (χ0v) is 43.6. The molecular weight excluding hydrogens is 1370 g/mol. The van der Waals surface area contributed by atoms with E-state index < -0.39 is 30.5 Å². The van der Waals surface area contributed by atoms with Crippen LogP contribution >= 0.6 is 0 Å². The smallest absolute Gasteiger partial charge is 0.356 e. The summed E-state index contributed by atoms with van der Waals surface area (Å²) >= 11 is 0. The molecule has 0 saturated heterocycles. The van der Waals surface area contributed by atoms with Crippen molar-refractivity contribution in [2.24, 2.45) is 0 Å². The van der Waals surface area contributed by atoms with E-state index in [1.165, 1.54) is 0 Å². The third-order valence-corrected chi connectivity index (χ3v) is 7.81. The summed E-state index contributed by atoms with van der Waals surface area (Å²) < 4.78 is 0. The predicted molar refractivity (Wildman–Crippen MR) is 274 cm³/mol. The standard InChI is InChI=1S/3C15H11N3.2Ho.6NO3/c3*1-3-10-16-12(6-1)14-8-5-9-15(18-14)13-7-2-4-11-17-13;;;6*2-1(3)4/h3*1-11H;;;;;;;;/q;;;2*+3;6*-1. The predicted octanol–water partition coefficient (Wildman–Crippen LogP) is 8.18. The van der Waals surface area contributed by atoms with Crippen LogP contribution in [0.1, 0.15) is 0 Å². The van der Waals surface area contributed by atoms with Crippen molar-refractivity contribution in [1.82, 2.24) is 44.9 Å². The topological polar surface area (TPSA) is 513 Å². The Labute approximate surface area is 508 Å². The summed E-state index contributed by atoms with van der Waals surface area (Å²) in [6, 6.07) is 52.4. The summed E-state index contributed by atoms with van der Waals surface area (Å²) in [6.45, 7) is 0. The van der Waals surface area contributed by atoms with Gasteiger partial charge in [-0.1, -0.05) is 54.6 Å². The molecule has 35 heteroatoms. The van der Waals surface area contributed by atoms with Crippen molar-refractivity contribution in [3.05, 3.63) is 293 Å². The summed E-state index contributed by atoms with van der Waals surface area (Å²) in [6.07, 6.45) is 10.6. The Hall–Kier alpha value is -9.93. The average Bonchev–Trinajstić information content (AvgIpc) is 3.42. The third kappa shape index (κ3) is 36.1. The van der Waals surface area contributed by atoms with E-state index in [1.54, 1.807) is 37.2 Å².